The summed E-state index contributed by atoms with van der Waals surface area (Å²) in [5.74, 6) is 0. The van der Waals surface area contributed by atoms with Gasteiger partial charge in [-0.3, -0.25) is 4.18 Å². The van der Waals surface area contributed by atoms with Crippen molar-refractivity contribution in [2.24, 2.45) is 0 Å². The van der Waals surface area contributed by atoms with E-state index in [2.05, 4.69) is 13.0 Å². The lowest BCUT2D eigenvalue weighted by Gasteiger charge is -2.06. The highest BCUT2D eigenvalue weighted by atomic mass is 32.2. The zero-order chi connectivity index (χ0) is 11.5. The summed E-state index contributed by atoms with van der Waals surface area (Å²) in [6.45, 7) is 4.17. The molecule has 1 aromatic carbocycles. The average molecular weight is 228 g/mol. The van der Waals surface area contributed by atoms with Gasteiger partial charge < -0.3 is 0 Å². The Morgan fingerprint density at radius 2 is 1.80 bits per heavy atom. The molecule has 0 heterocycles. The second-order valence-electron chi connectivity index (χ2n) is 3.65. The first-order valence-corrected chi connectivity index (χ1v) is 6.66. The summed E-state index contributed by atoms with van der Waals surface area (Å²) in [4.78, 5) is 0. The van der Waals surface area contributed by atoms with E-state index in [9.17, 15) is 8.42 Å². The molecule has 0 aliphatic heterocycles. The topological polar surface area (TPSA) is 43.4 Å². The molecule has 0 unspecified atom stereocenters. The van der Waals surface area contributed by atoms with Crippen molar-refractivity contribution in [1.29, 1.82) is 0 Å². The van der Waals surface area contributed by atoms with Crippen LogP contribution in [0.3, 0.4) is 0 Å². The van der Waals surface area contributed by atoms with E-state index in [1.54, 1.807) is 0 Å². The van der Waals surface area contributed by atoms with E-state index in [0.717, 1.165) is 23.8 Å². The Hall–Kier alpha value is -0.870. The number of benzene rings is 1. The second-order valence-corrected chi connectivity index (χ2v) is 5.29. The lowest BCUT2D eigenvalue weighted by molar-refractivity contribution is 0.311. The molecule has 15 heavy (non-hydrogen) atoms. The summed E-state index contributed by atoms with van der Waals surface area (Å²) < 4.78 is 26.4. The van der Waals surface area contributed by atoms with E-state index >= 15 is 0 Å². The molecule has 0 radical (unpaired) electrons. The average Bonchev–Trinajstić information content (AvgIpc) is 2.13. The smallest absolute Gasteiger partial charge is 0.264 e. The van der Waals surface area contributed by atoms with Crippen LogP contribution < -0.4 is 0 Å². The van der Waals surface area contributed by atoms with Gasteiger partial charge in [0.2, 0.25) is 0 Å². The summed E-state index contributed by atoms with van der Waals surface area (Å²) in [7, 11) is -3.35. The van der Waals surface area contributed by atoms with E-state index in [1.807, 2.05) is 19.1 Å². The third-order valence-corrected chi connectivity index (χ3v) is 2.59. The van der Waals surface area contributed by atoms with Gasteiger partial charge in [0.05, 0.1) is 12.9 Å². The summed E-state index contributed by atoms with van der Waals surface area (Å²) in [5.41, 5.74) is 3.22. The summed E-state index contributed by atoms with van der Waals surface area (Å²) in [6.07, 6.45) is 2.00. The van der Waals surface area contributed by atoms with Gasteiger partial charge in [0.15, 0.2) is 0 Å². The zero-order valence-corrected chi connectivity index (χ0v) is 10.1. The van der Waals surface area contributed by atoms with Crippen LogP contribution >= 0.6 is 0 Å². The largest absolute Gasteiger partial charge is 0.265 e. The number of hydrogen-bond acceptors (Lipinski definition) is 3. The quantitative estimate of drug-likeness (QED) is 0.741. The molecule has 0 saturated heterocycles. The summed E-state index contributed by atoms with van der Waals surface area (Å²) in [5, 5.41) is 0. The minimum Gasteiger partial charge on any atom is -0.265 e. The van der Waals surface area contributed by atoms with Crippen molar-refractivity contribution in [2.45, 2.75) is 26.9 Å². The van der Waals surface area contributed by atoms with Gasteiger partial charge in [-0.2, -0.15) is 8.42 Å². The molecule has 0 atom stereocenters. The van der Waals surface area contributed by atoms with Crippen molar-refractivity contribution in [3.8, 4) is 0 Å². The highest BCUT2D eigenvalue weighted by Crippen LogP contribution is 2.12. The maximum absolute atomic E-state index is 10.8. The number of hydrogen-bond donors (Lipinski definition) is 0. The van der Waals surface area contributed by atoms with E-state index in [0.29, 0.717) is 0 Å². The second kappa shape index (κ2) is 4.77. The predicted molar refractivity (Wildman–Crippen MR) is 60.2 cm³/mol. The molecule has 1 rings (SSSR count). The van der Waals surface area contributed by atoms with Gasteiger partial charge >= 0.3 is 0 Å². The molecule has 84 valence electrons. The van der Waals surface area contributed by atoms with Crippen molar-refractivity contribution in [1.82, 2.24) is 0 Å². The van der Waals surface area contributed by atoms with Crippen LogP contribution in [-0.2, 0) is 27.3 Å². The van der Waals surface area contributed by atoms with Gasteiger partial charge in [-0.15, -0.1) is 0 Å². The number of rotatable bonds is 4. The van der Waals surface area contributed by atoms with Crippen LogP contribution in [0.25, 0.3) is 0 Å². The Morgan fingerprint density at radius 3 is 2.33 bits per heavy atom. The van der Waals surface area contributed by atoms with E-state index in [1.165, 1.54) is 5.56 Å². The minimum absolute atomic E-state index is 0.119. The third-order valence-electron chi connectivity index (χ3n) is 2.04. The van der Waals surface area contributed by atoms with Crippen LogP contribution in [0.5, 0.6) is 0 Å². The zero-order valence-electron chi connectivity index (χ0n) is 9.28. The fourth-order valence-corrected chi connectivity index (χ4v) is 1.76. The molecule has 0 fully saturated rings. The van der Waals surface area contributed by atoms with Gasteiger partial charge in [0.1, 0.15) is 0 Å². The van der Waals surface area contributed by atoms with Crippen LogP contribution in [0, 0.1) is 6.92 Å². The van der Waals surface area contributed by atoms with Crippen LogP contribution in [0.2, 0.25) is 0 Å². The lowest BCUT2D eigenvalue weighted by atomic mass is 10.1. The first-order valence-electron chi connectivity index (χ1n) is 4.84. The summed E-state index contributed by atoms with van der Waals surface area (Å²) >= 11 is 0. The molecule has 1 aromatic rings. The molecular weight excluding hydrogens is 212 g/mol. The van der Waals surface area contributed by atoms with Crippen LogP contribution in [0.15, 0.2) is 18.2 Å². The van der Waals surface area contributed by atoms with Gasteiger partial charge in [0.25, 0.3) is 10.1 Å². The van der Waals surface area contributed by atoms with Crippen molar-refractivity contribution < 1.29 is 12.6 Å². The standard InChI is InChI=1S/C11H16O3S/c1-4-10-5-9(2)6-11(7-10)8-14-15(3,12)13/h5-7H,4,8H2,1-3H3. The molecular formula is C11H16O3S. The lowest BCUT2D eigenvalue weighted by Crippen LogP contribution is -2.03. The maximum atomic E-state index is 10.8. The fraction of sp³-hybridized carbons (Fsp3) is 0.455. The molecule has 3 nitrogen and oxygen atoms in total. The molecule has 0 aliphatic carbocycles. The third kappa shape index (κ3) is 4.44. The Labute approximate surface area is 91.2 Å². The summed E-state index contributed by atoms with van der Waals surface area (Å²) in [6, 6.07) is 5.99. The van der Waals surface area contributed by atoms with Gasteiger partial charge in [-0.25, -0.2) is 0 Å². The van der Waals surface area contributed by atoms with E-state index in [4.69, 9.17) is 4.18 Å². The van der Waals surface area contributed by atoms with Gasteiger partial charge in [-0.1, -0.05) is 30.7 Å². The Bertz CT molecular complexity index is 435. The monoisotopic (exact) mass is 228 g/mol. The highest BCUT2D eigenvalue weighted by Gasteiger charge is 2.03. The van der Waals surface area contributed by atoms with Gasteiger partial charge in [-0.05, 0) is 24.5 Å². The van der Waals surface area contributed by atoms with E-state index in [-0.39, 0.29) is 6.61 Å². The SMILES string of the molecule is CCc1cc(C)cc(COS(C)(=O)=O)c1. The Balaban J connectivity index is 2.81. The van der Waals surface area contributed by atoms with Crippen molar-refractivity contribution in [3.05, 3.63) is 34.9 Å². The van der Waals surface area contributed by atoms with Crippen LogP contribution in [0.1, 0.15) is 23.6 Å². The van der Waals surface area contributed by atoms with Crippen molar-refractivity contribution in [3.63, 3.8) is 0 Å². The fourth-order valence-electron chi connectivity index (χ4n) is 1.41. The molecule has 0 saturated carbocycles. The normalized spacial score (nSPS) is 11.7. The molecule has 0 amide bonds. The number of aryl methyl sites for hydroxylation is 2. The predicted octanol–water partition coefficient (Wildman–Crippen LogP) is 2.03. The minimum atomic E-state index is -3.35. The highest BCUT2D eigenvalue weighted by molar-refractivity contribution is 7.85. The Morgan fingerprint density at radius 1 is 1.20 bits per heavy atom. The Kier molecular flexibility index (Phi) is 3.88. The van der Waals surface area contributed by atoms with Crippen LogP contribution in [0.4, 0.5) is 0 Å². The molecule has 4 heteroatoms. The van der Waals surface area contributed by atoms with Crippen molar-refractivity contribution >= 4 is 10.1 Å². The molecule has 0 spiro atoms. The van der Waals surface area contributed by atoms with Crippen molar-refractivity contribution in [2.75, 3.05) is 6.26 Å². The maximum Gasteiger partial charge on any atom is 0.264 e. The van der Waals surface area contributed by atoms with Crippen LogP contribution in [-0.4, -0.2) is 14.7 Å². The van der Waals surface area contributed by atoms with E-state index < -0.39 is 10.1 Å². The molecule has 0 N–H and O–H groups in total. The molecule has 0 bridgehead atoms. The van der Waals surface area contributed by atoms with Gasteiger partial charge in [0, 0.05) is 0 Å². The molecule has 0 aliphatic rings. The first kappa shape index (κ1) is 12.2. The molecule has 0 aromatic heterocycles. The first-order chi connectivity index (χ1) is 6.90.